The maximum atomic E-state index is 12.7. The van der Waals surface area contributed by atoms with Crippen molar-refractivity contribution in [1.29, 1.82) is 0 Å². The van der Waals surface area contributed by atoms with E-state index in [0.29, 0.717) is 37.7 Å². The molecule has 0 spiro atoms. The first-order valence-electron chi connectivity index (χ1n) is 10.4. The number of fused-ring (bicyclic) bond motifs is 1. The molecule has 154 valence electrons. The number of ether oxygens (including phenoxy) is 2. The lowest BCUT2D eigenvalue weighted by Gasteiger charge is -2.25. The van der Waals surface area contributed by atoms with Gasteiger partial charge in [0.25, 0.3) is 0 Å². The van der Waals surface area contributed by atoms with Gasteiger partial charge >= 0.3 is 6.03 Å². The first-order valence-corrected chi connectivity index (χ1v) is 10.4. The van der Waals surface area contributed by atoms with Gasteiger partial charge in [-0.3, -0.25) is 4.79 Å². The predicted octanol–water partition coefficient (Wildman–Crippen LogP) is 3.17. The maximum absolute atomic E-state index is 12.7. The number of urea groups is 1. The Balaban J connectivity index is 1.61. The highest BCUT2D eigenvalue weighted by Gasteiger charge is 2.33. The Morgan fingerprint density at radius 3 is 2.50 bits per heavy atom. The van der Waals surface area contributed by atoms with Crippen LogP contribution in [-0.4, -0.2) is 55.7 Å². The molecule has 1 aromatic carbocycles. The summed E-state index contributed by atoms with van der Waals surface area (Å²) in [6.07, 6.45) is 4.40. The molecule has 2 heterocycles. The van der Waals surface area contributed by atoms with Gasteiger partial charge in [0.1, 0.15) is 13.2 Å². The lowest BCUT2D eigenvalue weighted by Crippen LogP contribution is -2.46. The predicted molar refractivity (Wildman–Crippen MR) is 108 cm³/mol. The molecule has 0 aliphatic carbocycles. The molecule has 2 aliphatic heterocycles. The smallest absolute Gasteiger partial charge is 0.317 e. The van der Waals surface area contributed by atoms with E-state index < -0.39 is 0 Å². The Morgan fingerprint density at radius 1 is 1.14 bits per heavy atom. The molecular weight excluding hydrogens is 358 g/mol. The van der Waals surface area contributed by atoms with Gasteiger partial charge in [-0.25, -0.2) is 4.79 Å². The third-order valence-corrected chi connectivity index (χ3v) is 5.14. The van der Waals surface area contributed by atoms with Gasteiger partial charge < -0.3 is 24.6 Å². The van der Waals surface area contributed by atoms with Crippen LogP contribution < -0.4 is 19.7 Å². The minimum absolute atomic E-state index is 0.00986. The highest BCUT2D eigenvalue weighted by atomic mass is 16.6. The molecule has 1 N–H and O–H groups in total. The van der Waals surface area contributed by atoms with Crippen molar-refractivity contribution >= 4 is 17.6 Å². The molecule has 1 aromatic rings. The molecule has 0 aromatic heterocycles. The third-order valence-electron chi connectivity index (χ3n) is 5.14. The Hall–Kier alpha value is -2.44. The molecule has 2 aliphatic rings. The zero-order valence-electron chi connectivity index (χ0n) is 16.9. The summed E-state index contributed by atoms with van der Waals surface area (Å²) in [7, 11) is 0. The SMILES string of the molecule is CCCCN(CCCC)C(=O)NC1CC(=O)N(c2ccc3c(c2)OCCO3)C1. The number of carbonyl (C=O) groups excluding carboxylic acids is 2. The van der Waals surface area contributed by atoms with E-state index in [2.05, 4.69) is 19.2 Å². The van der Waals surface area contributed by atoms with Crippen LogP contribution in [0.1, 0.15) is 46.0 Å². The Labute approximate surface area is 167 Å². The van der Waals surface area contributed by atoms with E-state index in [-0.39, 0.29) is 18.0 Å². The Kier molecular flexibility index (Phi) is 7.01. The van der Waals surface area contributed by atoms with Gasteiger partial charge in [-0.2, -0.15) is 0 Å². The summed E-state index contributed by atoms with van der Waals surface area (Å²) in [6.45, 7) is 7.28. The standard InChI is InChI=1S/C21H31N3O4/c1-3-5-9-23(10-6-4-2)21(26)22-16-13-20(25)24(15-16)17-7-8-18-19(14-17)28-12-11-27-18/h7-8,14,16H,3-6,9-13,15H2,1-2H3,(H,22,26). The first kappa shape index (κ1) is 20.3. The second-order valence-electron chi connectivity index (χ2n) is 7.38. The first-order chi connectivity index (χ1) is 13.6. The molecule has 7 nitrogen and oxygen atoms in total. The van der Waals surface area contributed by atoms with Gasteiger partial charge in [0.2, 0.25) is 5.91 Å². The average molecular weight is 389 g/mol. The van der Waals surface area contributed by atoms with Gasteiger partial charge in [-0.1, -0.05) is 26.7 Å². The normalized spacial score (nSPS) is 18.3. The quantitative estimate of drug-likeness (QED) is 0.741. The molecule has 0 bridgehead atoms. The van der Waals surface area contributed by atoms with E-state index in [1.807, 2.05) is 23.1 Å². The number of anilines is 1. The molecule has 3 amide bonds. The van der Waals surface area contributed by atoms with E-state index >= 15 is 0 Å². The summed E-state index contributed by atoms with van der Waals surface area (Å²) in [6, 6.07) is 5.29. The molecule has 1 atom stereocenters. The van der Waals surface area contributed by atoms with Gasteiger partial charge in [0, 0.05) is 37.8 Å². The summed E-state index contributed by atoms with van der Waals surface area (Å²) in [4.78, 5) is 28.8. The molecule has 1 saturated heterocycles. The summed E-state index contributed by atoms with van der Waals surface area (Å²) in [5.41, 5.74) is 0.778. The van der Waals surface area contributed by atoms with Crippen LogP contribution >= 0.6 is 0 Å². The Morgan fingerprint density at radius 2 is 1.82 bits per heavy atom. The van der Waals surface area contributed by atoms with Crippen LogP contribution in [0.4, 0.5) is 10.5 Å². The van der Waals surface area contributed by atoms with Crippen LogP contribution in [0.3, 0.4) is 0 Å². The second kappa shape index (κ2) is 9.66. The van der Waals surface area contributed by atoms with Crippen LogP contribution in [0, 0.1) is 0 Å². The van der Waals surface area contributed by atoms with Crippen LogP contribution in [0.15, 0.2) is 18.2 Å². The third kappa shape index (κ3) is 4.88. The number of hydrogen-bond acceptors (Lipinski definition) is 4. The molecule has 7 heteroatoms. The van der Waals surface area contributed by atoms with Gasteiger partial charge in [-0.15, -0.1) is 0 Å². The molecular formula is C21H31N3O4. The van der Waals surface area contributed by atoms with Crippen molar-refractivity contribution < 1.29 is 19.1 Å². The highest BCUT2D eigenvalue weighted by molar-refractivity contribution is 5.97. The molecule has 3 rings (SSSR count). The zero-order valence-corrected chi connectivity index (χ0v) is 16.9. The van der Waals surface area contributed by atoms with Crippen LogP contribution in [0.25, 0.3) is 0 Å². The zero-order chi connectivity index (χ0) is 19.9. The lowest BCUT2D eigenvalue weighted by atomic mass is 10.2. The van der Waals surface area contributed by atoms with Crippen molar-refractivity contribution in [2.24, 2.45) is 0 Å². The molecule has 1 fully saturated rings. The number of unbranched alkanes of at least 4 members (excludes halogenated alkanes) is 2. The van der Waals surface area contributed by atoms with Crippen molar-refractivity contribution in [3.8, 4) is 11.5 Å². The number of amides is 3. The number of nitrogens with one attached hydrogen (secondary N) is 1. The maximum Gasteiger partial charge on any atom is 0.317 e. The number of carbonyl (C=O) groups is 2. The van der Waals surface area contributed by atoms with E-state index in [9.17, 15) is 9.59 Å². The molecule has 1 unspecified atom stereocenters. The van der Waals surface area contributed by atoms with Crippen LogP contribution in [-0.2, 0) is 4.79 Å². The molecule has 0 saturated carbocycles. The summed E-state index contributed by atoms with van der Waals surface area (Å²) >= 11 is 0. The fourth-order valence-corrected chi connectivity index (χ4v) is 3.53. The van der Waals surface area contributed by atoms with E-state index in [1.54, 1.807) is 4.90 Å². The second-order valence-corrected chi connectivity index (χ2v) is 7.38. The van der Waals surface area contributed by atoms with Gasteiger partial charge in [0.05, 0.1) is 6.04 Å². The van der Waals surface area contributed by atoms with Crippen molar-refractivity contribution in [2.45, 2.75) is 52.0 Å². The van der Waals surface area contributed by atoms with Gasteiger partial charge in [-0.05, 0) is 25.0 Å². The highest BCUT2D eigenvalue weighted by Crippen LogP contribution is 2.35. The monoisotopic (exact) mass is 389 g/mol. The molecule has 0 radical (unpaired) electrons. The fourth-order valence-electron chi connectivity index (χ4n) is 3.53. The number of nitrogens with zero attached hydrogens (tertiary/aromatic N) is 2. The minimum atomic E-state index is -0.182. The van der Waals surface area contributed by atoms with E-state index in [4.69, 9.17) is 9.47 Å². The number of benzene rings is 1. The summed E-state index contributed by atoms with van der Waals surface area (Å²) in [5.74, 6) is 1.37. The van der Waals surface area contributed by atoms with Crippen molar-refractivity contribution in [3.63, 3.8) is 0 Å². The Bertz CT molecular complexity index is 686. The van der Waals surface area contributed by atoms with E-state index in [1.165, 1.54) is 0 Å². The van der Waals surface area contributed by atoms with Crippen molar-refractivity contribution in [2.75, 3.05) is 37.7 Å². The topological polar surface area (TPSA) is 71.1 Å². The number of rotatable bonds is 8. The molecule has 28 heavy (non-hydrogen) atoms. The minimum Gasteiger partial charge on any atom is -0.486 e. The van der Waals surface area contributed by atoms with Crippen LogP contribution in [0.5, 0.6) is 11.5 Å². The average Bonchev–Trinajstić information content (AvgIpc) is 3.07. The van der Waals surface area contributed by atoms with Gasteiger partial charge in [0.15, 0.2) is 11.5 Å². The summed E-state index contributed by atoms with van der Waals surface area (Å²) < 4.78 is 11.2. The van der Waals surface area contributed by atoms with Crippen LogP contribution in [0.2, 0.25) is 0 Å². The van der Waals surface area contributed by atoms with Crippen molar-refractivity contribution in [3.05, 3.63) is 18.2 Å². The number of hydrogen-bond donors (Lipinski definition) is 1. The summed E-state index contributed by atoms with van der Waals surface area (Å²) in [5, 5.41) is 3.06. The van der Waals surface area contributed by atoms with Crippen molar-refractivity contribution in [1.82, 2.24) is 10.2 Å². The fraction of sp³-hybridized carbons (Fsp3) is 0.619. The largest absolute Gasteiger partial charge is 0.486 e. The lowest BCUT2D eigenvalue weighted by molar-refractivity contribution is -0.117. The van der Waals surface area contributed by atoms with E-state index in [0.717, 1.165) is 44.5 Å².